The van der Waals surface area contributed by atoms with Crippen molar-refractivity contribution in [2.75, 3.05) is 7.11 Å². The molecule has 8 rings (SSSR count). The van der Waals surface area contributed by atoms with Crippen molar-refractivity contribution in [2.45, 2.75) is 6.92 Å². The molecule has 5 nitrogen and oxygen atoms in total. The highest BCUT2D eigenvalue weighted by atomic mass is 16.5. The van der Waals surface area contributed by atoms with E-state index < -0.39 is 5.97 Å². The van der Waals surface area contributed by atoms with Gasteiger partial charge in [0.05, 0.1) is 34.7 Å². The largest absolute Gasteiger partial charge is 0.465 e. The number of fused-ring (bicyclic) bond motifs is 6. The lowest BCUT2D eigenvalue weighted by Crippen LogP contribution is -2.07. The van der Waals surface area contributed by atoms with Crippen LogP contribution in [-0.2, 0) is 4.74 Å². The first kappa shape index (κ1) is 25.1. The summed E-state index contributed by atoms with van der Waals surface area (Å²) in [5, 5.41) is 4.77. The van der Waals surface area contributed by atoms with Crippen molar-refractivity contribution in [3.63, 3.8) is 0 Å². The third kappa shape index (κ3) is 3.78. The van der Waals surface area contributed by atoms with Crippen LogP contribution in [0.1, 0.15) is 15.9 Å². The van der Waals surface area contributed by atoms with Crippen molar-refractivity contribution in [1.29, 1.82) is 0 Å². The normalized spacial score (nSPS) is 11.6. The molecule has 43 heavy (non-hydrogen) atoms. The second-order valence-electron chi connectivity index (χ2n) is 10.8. The van der Waals surface area contributed by atoms with Crippen LogP contribution in [0.25, 0.3) is 66.1 Å². The van der Waals surface area contributed by atoms with Gasteiger partial charge in [-0.25, -0.2) is 4.79 Å². The Morgan fingerprint density at radius 3 is 1.44 bits per heavy atom. The minimum atomic E-state index is -0.410. The number of benzene rings is 5. The highest BCUT2D eigenvalue weighted by molar-refractivity contribution is 6.11. The number of aryl methyl sites for hydroxylation is 1. The van der Waals surface area contributed by atoms with E-state index in [4.69, 9.17) is 4.74 Å². The lowest BCUT2D eigenvalue weighted by molar-refractivity contribution is 0.0601. The molecule has 0 bridgehead atoms. The molecule has 0 unspecified atom stereocenters. The second-order valence-corrected chi connectivity index (χ2v) is 10.8. The molecular formula is C38H27N3O2. The molecule has 0 spiro atoms. The number of methoxy groups -OCH3 is 1. The molecule has 0 aliphatic heterocycles. The van der Waals surface area contributed by atoms with E-state index in [0.29, 0.717) is 5.56 Å². The van der Waals surface area contributed by atoms with Gasteiger partial charge in [-0.2, -0.15) is 0 Å². The molecule has 8 aromatic rings. The van der Waals surface area contributed by atoms with E-state index in [1.54, 1.807) is 12.4 Å². The highest BCUT2D eigenvalue weighted by Crippen LogP contribution is 2.38. The average molecular weight is 558 g/mol. The number of carbonyl (C=O) groups is 1. The Morgan fingerprint density at radius 1 is 0.605 bits per heavy atom. The summed E-state index contributed by atoms with van der Waals surface area (Å²) in [5.41, 5.74) is 9.54. The van der Waals surface area contributed by atoms with E-state index in [-0.39, 0.29) is 0 Å². The number of hydrogen-bond donors (Lipinski definition) is 0. The number of nitrogens with zero attached hydrogens (tertiary/aromatic N) is 3. The third-order valence-corrected chi connectivity index (χ3v) is 8.41. The van der Waals surface area contributed by atoms with Crippen molar-refractivity contribution < 1.29 is 9.53 Å². The van der Waals surface area contributed by atoms with Gasteiger partial charge in [-0.1, -0.05) is 72.8 Å². The third-order valence-electron chi connectivity index (χ3n) is 8.41. The maximum Gasteiger partial charge on any atom is 0.340 e. The molecule has 0 saturated heterocycles. The zero-order chi connectivity index (χ0) is 29.1. The number of pyridine rings is 1. The van der Waals surface area contributed by atoms with Crippen LogP contribution in [-0.4, -0.2) is 27.2 Å². The van der Waals surface area contributed by atoms with E-state index in [1.807, 2.05) is 6.92 Å². The van der Waals surface area contributed by atoms with Crippen LogP contribution in [0.5, 0.6) is 0 Å². The number of carbonyl (C=O) groups excluding carboxylic acids is 1. The quantitative estimate of drug-likeness (QED) is 0.203. The number of hydrogen-bond acceptors (Lipinski definition) is 3. The molecular weight excluding hydrogens is 530 g/mol. The first-order chi connectivity index (χ1) is 21.1. The van der Waals surface area contributed by atoms with Gasteiger partial charge in [0.2, 0.25) is 0 Å². The summed E-state index contributed by atoms with van der Waals surface area (Å²) in [7, 11) is 1.41. The van der Waals surface area contributed by atoms with Crippen LogP contribution in [0.3, 0.4) is 0 Å². The van der Waals surface area contributed by atoms with Gasteiger partial charge in [0.1, 0.15) is 0 Å². The number of rotatable bonds is 4. The van der Waals surface area contributed by atoms with Crippen LogP contribution < -0.4 is 0 Å². The molecule has 206 valence electrons. The van der Waals surface area contributed by atoms with Gasteiger partial charge in [-0.3, -0.25) is 4.98 Å². The molecule has 0 aliphatic rings. The molecule has 0 fully saturated rings. The summed E-state index contributed by atoms with van der Waals surface area (Å²) < 4.78 is 9.84. The Hall–Kier alpha value is -5.68. The Balaban J connectivity index is 1.53. The molecule has 0 saturated carbocycles. The van der Waals surface area contributed by atoms with Gasteiger partial charge in [0, 0.05) is 50.9 Å². The summed E-state index contributed by atoms with van der Waals surface area (Å²) in [4.78, 5) is 17.4. The van der Waals surface area contributed by atoms with Crippen LogP contribution in [0.15, 0.2) is 128 Å². The minimum Gasteiger partial charge on any atom is -0.465 e. The van der Waals surface area contributed by atoms with Crippen LogP contribution in [0, 0.1) is 6.92 Å². The second kappa shape index (κ2) is 9.71. The molecule has 5 aromatic carbocycles. The SMILES string of the molecule is COC(=O)c1cncc(C)c1-c1cc(-n2c3ccccc3c3ccccc32)cc(-n2c3ccccc3c3ccccc32)c1. The summed E-state index contributed by atoms with van der Waals surface area (Å²) in [6, 6.07) is 40.6. The van der Waals surface area contributed by atoms with Crippen LogP contribution >= 0.6 is 0 Å². The van der Waals surface area contributed by atoms with Gasteiger partial charge >= 0.3 is 5.97 Å². The minimum absolute atomic E-state index is 0.410. The average Bonchev–Trinajstić information content (AvgIpc) is 3.57. The molecule has 0 amide bonds. The van der Waals surface area contributed by atoms with E-state index in [2.05, 4.69) is 129 Å². The van der Waals surface area contributed by atoms with Gasteiger partial charge in [0.25, 0.3) is 0 Å². The van der Waals surface area contributed by atoms with E-state index in [9.17, 15) is 4.79 Å². The Bertz CT molecular complexity index is 2140. The summed E-state index contributed by atoms with van der Waals surface area (Å²) in [6.45, 7) is 1.99. The Kier molecular flexibility index (Phi) is 5.66. The Labute approximate surface area is 248 Å². The van der Waals surface area contributed by atoms with E-state index in [0.717, 1.165) is 50.1 Å². The topological polar surface area (TPSA) is 49.0 Å². The number of aromatic nitrogens is 3. The molecule has 3 aromatic heterocycles. The van der Waals surface area contributed by atoms with Gasteiger partial charge in [-0.05, 0) is 60.5 Å². The van der Waals surface area contributed by atoms with Crippen LogP contribution in [0.4, 0.5) is 0 Å². The standard InChI is InChI=1S/C38H27N3O2/c1-24-22-39-23-32(38(42)43-2)37(24)25-19-26(40-33-15-7-3-11-28(33)29-12-4-8-16-34(29)40)21-27(20-25)41-35-17-9-5-13-30(35)31-14-6-10-18-36(31)41/h3-23H,1-2H3. The fraction of sp³-hybridized carbons (Fsp3) is 0.0526. The molecule has 0 radical (unpaired) electrons. The first-order valence-corrected chi connectivity index (χ1v) is 14.3. The highest BCUT2D eigenvalue weighted by Gasteiger charge is 2.21. The monoisotopic (exact) mass is 557 g/mol. The predicted octanol–water partition coefficient (Wildman–Crippen LogP) is 9.04. The lowest BCUT2D eigenvalue weighted by Gasteiger charge is -2.18. The molecule has 0 N–H and O–H groups in total. The number of esters is 1. The number of ether oxygens (including phenoxy) is 1. The van der Waals surface area contributed by atoms with Crippen LogP contribution in [0.2, 0.25) is 0 Å². The summed E-state index contributed by atoms with van der Waals surface area (Å²) in [6.07, 6.45) is 3.40. The maximum absolute atomic E-state index is 13.0. The number of para-hydroxylation sites is 4. The van der Waals surface area contributed by atoms with E-state index >= 15 is 0 Å². The zero-order valence-corrected chi connectivity index (χ0v) is 23.8. The summed E-state index contributed by atoms with van der Waals surface area (Å²) >= 11 is 0. The van der Waals surface area contributed by atoms with Gasteiger partial charge in [0.15, 0.2) is 0 Å². The van der Waals surface area contributed by atoms with Crippen molar-refractivity contribution >= 4 is 49.6 Å². The maximum atomic E-state index is 13.0. The molecule has 3 heterocycles. The lowest BCUT2D eigenvalue weighted by atomic mass is 9.96. The fourth-order valence-electron chi connectivity index (χ4n) is 6.61. The zero-order valence-electron chi connectivity index (χ0n) is 23.8. The van der Waals surface area contributed by atoms with Crippen molar-refractivity contribution in [3.8, 4) is 22.5 Å². The van der Waals surface area contributed by atoms with E-state index in [1.165, 1.54) is 28.7 Å². The van der Waals surface area contributed by atoms with Crippen molar-refractivity contribution in [3.05, 3.63) is 139 Å². The van der Waals surface area contributed by atoms with Gasteiger partial charge < -0.3 is 13.9 Å². The Morgan fingerprint density at radius 2 is 1.02 bits per heavy atom. The van der Waals surface area contributed by atoms with Crippen molar-refractivity contribution in [1.82, 2.24) is 14.1 Å². The van der Waals surface area contributed by atoms with Gasteiger partial charge in [-0.15, -0.1) is 0 Å². The van der Waals surface area contributed by atoms with Crippen molar-refractivity contribution in [2.24, 2.45) is 0 Å². The molecule has 0 aliphatic carbocycles. The summed E-state index contributed by atoms with van der Waals surface area (Å²) in [5.74, 6) is -0.410. The smallest absolute Gasteiger partial charge is 0.340 e. The predicted molar refractivity (Wildman–Crippen MR) is 174 cm³/mol. The molecule has 0 atom stereocenters. The fourth-order valence-corrected chi connectivity index (χ4v) is 6.61. The molecule has 5 heteroatoms. The first-order valence-electron chi connectivity index (χ1n) is 14.3.